The van der Waals surface area contributed by atoms with Crippen molar-refractivity contribution in [2.45, 2.75) is 26.8 Å². The molecule has 0 saturated heterocycles. The van der Waals surface area contributed by atoms with Crippen molar-refractivity contribution < 1.29 is 5.11 Å². The molecule has 0 bridgehead atoms. The van der Waals surface area contributed by atoms with Crippen LogP contribution in [0.2, 0.25) is 5.28 Å². The van der Waals surface area contributed by atoms with Gasteiger partial charge in [-0.05, 0) is 38.4 Å². The van der Waals surface area contributed by atoms with Gasteiger partial charge in [0.1, 0.15) is 10.6 Å². The maximum absolute atomic E-state index is 9.18. The van der Waals surface area contributed by atoms with E-state index in [1.165, 1.54) is 4.88 Å². The van der Waals surface area contributed by atoms with Crippen molar-refractivity contribution in [3.8, 4) is 0 Å². The summed E-state index contributed by atoms with van der Waals surface area (Å²) in [5.41, 5.74) is 0. The Bertz CT molecular complexity index is 555. The van der Waals surface area contributed by atoms with E-state index < -0.39 is 0 Å². The maximum Gasteiger partial charge on any atom is 0.225 e. The van der Waals surface area contributed by atoms with E-state index in [0.29, 0.717) is 6.54 Å². The average Bonchev–Trinajstić information content (AvgIpc) is 2.64. The molecule has 2 heterocycles. The van der Waals surface area contributed by atoms with Crippen LogP contribution >= 0.6 is 22.9 Å². The minimum absolute atomic E-state index is 0.0877. The van der Waals surface area contributed by atoms with Gasteiger partial charge in [0.15, 0.2) is 0 Å². The second-order valence-electron chi connectivity index (χ2n) is 4.40. The summed E-state index contributed by atoms with van der Waals surface area (Å²) in [6.07, 6.45) is 0. The van der Waals surface area contributed by atoms with Gasteiger partial charge >= 0.3 is 0 Å². The van der Waals surface area contributed by atoms with Gasteiger partial charge in [-0.15, -0.1) is 11.3 Å². The van der Waals surface area contributed by atoms with Crippen LogP contribution in [0.25, 0.3) is 10.2 Å². The molecule has 0 fully saturated rings. The van der Waals surface area contributed by atoms with Crippen LogP contribution in [-0.2, 0) is 0 Å². The Morgan fingerprint density at radius 2 is 2.17 bits per heavy atom. The first kappa shape index (κ1) is 13.5. The summed E-state index contributed by atoms with van der Waals surface area (Å²) in [7, 11) is 0. The number of aliphatic hydroxyl groups is 1. The molecular weight excluding hydrogens is 270 g/mol. The van der Waals surface area contributed by atoms with Gasteiger partial charge in [0, 0.05) is 17.5 Å². The third-order valence-electron chi connectivity index (χ3n) is 2.70. The first-order valence-electron chi connectivity index (χ1n) is 5.84. The smallest absolute Gasteiger partial charge is 0.225 e. The van der Waals surface area contributed by atoms with Crippen molar-refractivity contribution in [2.24, 2.45) is 0 Å². The zero-order valence-electron chi connectivity index (χ0n) is 10.6. The van der Waals surface area contributed by atoms with Gasteiger partial charge in [0.25, 0.3) is 0 Å². The quantitative estimate of drug-likeness (QED) is 0.878. The Hall–Kier alpha value is -0.910. The topological polar surface area (TPSA) is 49.2 Å². The van der Waals surface area contributed by atoms with Crippen LogP contribution in [0.3, 0.4) is 0 Å². The molecule has 0 radical (unpaired) electrons. The first-order valence-corrected chi connectivity index (χ1v) is 7.03. The number of fused-ring (bicyclic) bond motifs is 1. The monoisotopic (exact) mass is 285 g/mol. The van der Waals surface area contributed by atoms with Gasteiger partial charge in [-0.3, -0.25) is 0 Å². The molecule has 1 N–H and O–H groups in total. The lowest BCUT2D eigenvalue weighted by atomic mass is 10.2. The van der Waals surface area contributed by atoms with Gasteiger partial charge in [-0.1, -0.05) is 0 Å². The first-order chi connectivity index (χ1) is 8.52. The third-order valence-corrected chi connectivity index (χ3v) is 3.82. The normalized spacial score (nSPS) is 11.4. The predicted octanol–water partition coefficient (Wildman–Crippen LogP) is 2.86. The molecule has 0 saturated carbocycles. The molecule has 0 unspecified atom stereocenters. The van der Waals surface area contributed by atoms with Gasteiger partial charge < -0.3 is 10.0 Å². The molecule has 0 aliphatic heterocycles. The molecular formula is C12H16ClN3OS. The number of aryl methyl sites for hydroxylation is 1. The minimum Gasteiger partial charge on any atom is -0.395 e. The maximum atomic E-state index is 9.18. The summed E-state index contributed by atoms with van der Waals surface area (Å²) in [5, 5.41) is 10.4. The highest BCUT2D eigenvalue weighted by Crippen LogP contribution is 2.32. The second kappa shape index (κ2) is 5.38. The Labute approximate surface area is 115 Å². The summed E-state index contributed by atoms with van der Waals surface area (Å²) in [6.45, 7) is 6.79. The molecule has 2 aromatic heterocycles. The van der Waals surface area contributed by atoms with Gasteiger partial charge in [-0.25, -0.2) is 4.98 Å². The number of thiophene rings is 1. The Morgan fingerprint density at radius 3 is 2.78 bits per heavy atom. The third kappa shape index (κ3) is 2.58. The fourth-order valence-corrected chi connectivity index (χ4v) is 3.03. The highest BCUT2D eigenvalue weighted by molar-refractivity contribution is 7.18. The molecule has 0 aliphatic carbocycles. The van der Waals surface area contributed by atoms with Crippen LogP contribution in [0.1, 0.15) is 18.7 Å². The molecule has 2 aromatic rings. The van der Waals surface area contributed by atoms with Crippen LogP contribution in [0.4, 0.5) is 5.82 Å². The highest BCUT2D eigenvalue weighted by atomic mass is 35.5. The fourth-order valence-electron chi connectivity index (χ4n) is 1.94. The summed E-state index contributed by atoms with van der Waals surface area (Å²) in [5.74, 6) is 0.804. The zero-order chi connectivity index (χ0) is 13.3. The van der Waals surface area contributed by atoms with E-state index in [1.54, 1.807) is 11.3 Å². The second-order valence-corrected chi connectivity index (χ2v) is 5.98. The molecule has 4 nitrogen and oxygen atoms in total. The van der Waals surface area contributed by atoms with E-state index in [2.05, 4.69) is 29.9 Å². The van der Waals surface area contributed by atoms with Crippen molar-refractivity contribution >= 4 is 39.0 Å². The molecule has 0 aliphatic rings. The lowest BCUT2D eigenvalue weighted by Crippen LogP contribution is -2.34. The number of halogens is 1. The van der Waals surface area contributed by atoms with Gasteiger partial charge in [0.05, 0.1) is 12.0 Å². The zero-order valence-corrected chi connectivity index (χ0v) is 12.2. The lowest BCUT2D eigenvalue weighted by Gasteiger charge is -2.27. The summed E-state index contributed by atoms with van der Waals surface area (Å²) < 4.78 is 0. The van der Waals surface area contributed by atoms with Crippen LogP contribution in [-0.4, -0.2) is 34.3 Å². The number of hydrogen-bond acceptors (Lipinski definition) is 5. The Kier molecular flexibility index (Phi) is 4.04. The number of anilines is 1. The number of aromatic nitrogens is 2. The van der Waals surface area contributed by atoms with Crippen LogP contribution in [0.5, 0.6) is 0 Å². The summed E-state index contributed by atoms with van der Waals surface area (Å²) in [4.78, 5) is 12.7. The number of rotatable bonds is 4. The van der Waals surface area contributed by atoms with Crippen LogP contribution < -0.4 is 4.90 Å². The molecule has 0 spiro atoms. The number of nitrogens with zero attached hydrogens (tertiary/aromatic N) is 3. The van der Waals surface area contributed by atoms with Crippen LogP contribution in [0, 0.1) is 6.92 Å². The van der Waals surface area contributed by atoms with E-state index in [1.807, 2.05) is 11.8 Å². The fraction of sp³-hybridized carbons (Fsp3) is 0.500. The predicted molar refractivity (Wildman–Crippen MR) is 76.7 cm³/mol. The average molecular weight is 286 g/mol. The molecule has 0 atom stereocenters. The van der Waals surface area contributed by atoms with Gasteiger partial charge in [-0.2, -0.15) is 4.98 Å². The van der Waals surface area contributed by atoms with Crippen molar-refractivity contribution in [3.63, 3.8) is 0 Å². The van der Waals surface area contributed by atoms with E-state index >= 15 is 0 Å². The van der Waals surface area contributed by atoms with Crippen molar-refractivity contribution in [1.82, 2.24) is 9.97 Å². The van der Waals surface area contributed by atoms with E-state index in [9.17, 15) is 5.11 Å². The van der Waals surface area contributed by atoms with E-state index in [4.69, 9.17) is 11.6 Å². The molecule has 6 heteroatoms. The number of aliphatic hydroxyl groups excluding tert-OH is 1. The highest BCUT2D eigenvalue weighted by Gasteiger charge is 2.17. The van der Waals surface area contributed by atoms with Gasteiger partial charge in [0.2, 0.25) is 5.28 Å². The lowest BCUT2D eigenvalue weighted by molar-refractivity contribution is 0.299. The van der Waals surface area contributed by atoms with Crippen molar-refractivity contribution in [3.05, 3.63) is 16.2 Å². The Morgan fingerprint density at radius 1 is 1.44 bits per heavy atom. The number of hydrogen-bond donors (Lipinski definition) is 1. The Balaban J connectivity index is 2.59. The molecule has 98 valence electrons. The molecule has 18 heavy (non-hydrogen) atoms. The molecule has 0 aromatic carbocycles. The molecule has 0 amide bonds. The van der Waals surface area contributed by atoms with Crippen LogP contribution in [0.15, 0.2) is 6.07 Å². The summed E-state index contributed by atoms with van der Waals surface area (Å²) in [6, 6.07) is 2.31. The van der Waals surface area contributed by atoms with E-state index in [0.717, 1.165) is 16.0 Å². The largest absolute Gasteiger partial charge is 0.395 e. The minimum atomic E-state index is 0.0877. The van der Waals surface area contributed by atoms with E-state index in [-0.39, 0.29) is 17.9 Å². The SMILES string of the molecule is Cc1cc2c(N(CCO)C(C)C)nc(Cl)nc2s1. The van der Waals surface area contributed by atoms with Crippen molar-refractivity contribution in [1.29, 1.82) is 0 Å². The van der Waals surface area contributed by atoms with Crippen molar-refractivity contribution in [2.75, 3.05) is 18.1 Å². The summed E-state index contributed by atoms with van der Waals surface area (Å²) >= 11 is 7.58. The molecule has 2 rings (SSSR count). The standard InChI is InChI=1S/C12H16ClN3OS/c1-7(2)16(4-5-17)10-9-6-8(3)18-11(9)15-12(13)14-10/h6-7,17H,4-5H2,1-3H3.